The number of carbonyl (C=O) groups is 1. The van der Waals surface area contributed by atoms with Gasteiger partial charge in [-0.3, -0.25) is 14.9 Å². The zero-order chi connectivity index (χ0) is 18.4. The number of nitro groups is 1. The predicted molar refractivity (Wildman–Crippen MR) is 92.4 cm³/mol. The number of hydrogen-bond acceptors (Lipinski definition) is 6. The molecule has 8 nitrogen and oxygen atoms in total. The molecule has 0 spiro atoms. The van der Waals surface area contributed by atoms with Crippen molar-refractivity contribution in [2.24, 2.45) is 5.10 Å². The first-order valence-corrected chi connectivity index (χ1v) is 7.53. The fraction of sp³-hybridized carbons (Fsp3) is 0.125. The number of nitro benzene ring substituents is 1. The average Bonchev–Trinajstić information content (AvgIpc) is 2.58. The summed E-state index contributed by atoms with van der Waals surface area (Å²) < 4.78 is 5.16. The number of hydrogen-bond donors (Lipinski definition) is 2. The fourth-order valence-corrected chi connectivity index (χ4v) is 2.05. The van der Waals surface area contributed by atoms with E-state index >= 15 is 0 Å². The molecule has 2 rings (SSSR count). The van der Waals surface area contributed by atoms with Gasteiger partial charge in [0.2, 0.25) is 5.75 Å². The summed E-state index contributed by atoms with van der Waals surface area (Å²) in [5.74, 6) is -1.07. The highest BCUT2D eigenvalue weighted by Crippen LogP contribution is 2.36. The average molecular weight is 364 g/mol. The fourth-order valence-electron chi connectivity index (χ4n) is 1.92. The van der Waals surface area contributed by atoms with Gasteiger partial charge >= 0.3 is 5.69 Å². The van der Waals surface area contributed by atoms with Crippen LogP contribution in [0.4, 0.5) is 5.69 Å². The van der Waals surface area contributed by atoms with E-state index in [9.17, 15) is 20.0 Å². The molecule has 130 valence electrons. The van der Waals surface area contributed by atoms with Crippen molar-refractivity contribution in [2.75, 3.05) is 6.61 Å². The molecule has 0 saturated carbocycles. The van der Waals surface area contributed by atoms with Gasteiger partial charge in [-0.1, -0.05) is 11.6 Å². The van der Waals surface area contributed by atoms with Crippen LogP contribution in [0.5, 0.6) is 11.5 Å². The van der Waals surface area contributed by atoms with Crippen molar-refractivity contribution in [2.45, 2.75) is 6.92 Å². The monoisotopic (exact) mass is 363 g/mol. The second kappa shape index (κ2) is 8.11. The van der Waals surface area contributed by atoms with Gasteiger partial charge in [-0.05, 0) is 37.3 Å². The number of hydrazone groups is 1. The summed E-state index contributed by atoms with van der Waals surface area (Å²) in [5.41, 5.74) is 2.42. The Kier molecular flexibility index (Phi) is 5.91. The van der Waals surface area contributed by atoms with Gasteiger partial charge < -0.3 is 9.84 Å². The molecule has 2 N–H and O–H groups in total. The molecule has 2 aromatic carbocycles. The van der Waals surface area contributed by atoms with Crippen molar-refractivity contribution in [3.05, 3.63) is 62.7 Å². The van der Waals surface area contributed by atoms with Crippen LogP contribution in [0.15, 0.2) is 41.5 Å². The van der Waals surface area contributed by atoms with Gasteiger partial charge in [-0.15, -0.1) is 0 Å². The first-order chi connectivity index (χ1) is 11.9. The third-order valence-corrected chi connectivity index (χ3v) is 3.31. The summed E-state index contributed by atoms with van der Waals surface area (Å²) >= 11 is 5.75. The van der Waals surface area contributed by atoms with E-state index in [1.807, 2.05) is 0 Å². The first kappa shape index (κ1) is 18.2. The Labute approximate surface area is 147 Å². The van der Waals surface area contributed by atoms with Crippen LogP contribution in [0, 0.1) is 10.1 Å². The largest absolute Gasteiger partial charge is 0.500 e. The van der Waals surface area contributed by atoms with Gasteiger partial charge in [0, 0.05) is 22.2 Å². The molecule has 9 heteroatoms. The number of aromatic hydroxyl groups is 1. The van der Waals surface area contributed by atoms with E-state index in [2.05, 4.69) is 10.5 Å². The Balaban J connectivity index is 2.18. The summed E-state index contributed by atoms with van der Waals surface area (Å²) in [4.78, 5) is 22.2. The summed E-state index contributed by atoms with van der Waals surface area (Å²) in [6, 6.07) is 8.70. The number of nitrogens with zero attached hydrogens (tertiary/aromatic N) is 2. The van der Waals surface area contributed by atoms with Crippen LogP contribution in [0.3, 0.4) is 0 Å². The molecule has 0 aliphatic rings. The van der Waals surface area contributed by atoms with Gasteiger partial charge in [0.15, 0.2) is 5.75 Å². The topological polar surface area (TPSA) is 114 Å². The van der Waals surface area contributed by atoms with Gasteiger partial charge in [-0.25, -0.2) is 5.43 Å². The number of phenolic OH excluding ortho intramolecular Hbond substituents is 1. The van der Waals surface area contributed by atoms with Crippen molar-refractivity contribution in [1.29, 1.82) is 0 Å². The third kappa shape index (κ3) is 4.67. The van der Waals surface area contributed by atoms with E-state index in [0.717, 1.165) is 6.07 Å². The Morgan fingerprint density at radius 1 is 1.40 bits per heavy atom. The molecule has 2 aromatic rings. The third-order valence-electron chi connectivity index (χ3n) is 3.06. The van der Waals surface area contributed by atoms with Crippen LogP contribution in [0.25, 0.3) is 0 Å². The number of halogens is 1. The van der Waals surface area contributed by atoms with E-state index < -0.39 is 22.3 Å². The maximum atomic E-state index is 11.9. The lowest BCUT2D eigenvalue weighted by Gasteiger charge is -2.07. The molecule has 0 atom stereocenters. The van der Waals surface area contributed by atoms with E-state index in [1.165, 1.54) is 24.4 Å². The summed E-state index contributed by atoms with van der Waals surface area (Å²) in [6.45, 7) is 1.90. The van der Waals surface area contributed by atoms with Crippen molar-refractivity contribution in [3.63, 3.8) is 0 Å². The quantitative estimate of drug-likeness (QED) is 0.465. The van der Waals surface area contributed by atoms with Crippen LogP contribution in [0.1, 0.15) is 22.8 Å². The molecule has 0 aliphatic heterocycles. The van der Waals surface area contributed by atoms with Crippen LogP contribution in [-0.4, -0.2) is 28.8 Å². The summed E-state index contributed by atoms with van der Waals surface area (Å²) in [5, 5.41) is 25.1. The smallest absolute Gasteiger partial charge is 0.315 e. The van der Waals surface area contributed by atoms with Crippen molar-refractivity contribution in [1.82, 2.24) is 5.43 Å². The first-order valence-electron chi connectivity index (χ1n) is 7.15. The summed E-state index contributed by atoms with van der Waals surface area (Å²) in [7, 11) is 0. The molecule has 0 saturated heterocycles. The molecule has 0 unspecified atom stereocenters. The Morgan fingerprint density at radius 3 is 2.68 bits per heavy atom. The normalized spacial score (nSPS) is 10.6. The molecular formula is C16H14ClN3O5. The number of benzene rings is 2. The Bertz CT molecular complexity index is 821. The van der Waals surface area contributed by atoms with Crippen molar-refractivity contribution in [3.8, 4) is 11.5 Å². The number of nitrogens with one attached hydrogen (secondary N) is 1. The molecule has 0 bridgehead atoms. The number of ether oxygens (including phenoxy) is 1. The van der Waals surface area contributed by atoms with Crippen LogP contribution in [0.2, 0.25) is 5.02 Å². The number of amides is 1. The molecular weight excluding hydrogens is 350 g/mol. The van der Waals surface area contributed by atoms with Crippen LogP contribution in [-0.2, 0) is 0 Å². The van der Waals surface area contributed by atoms with E-state index in [-0.39, 0.29) is 17.9 Å². The van der Waals surface area contributed by atoms with E-state index in [4.69, 9.17) is 16.3 Å². The number of carbonyl (C=O) groups excluding carboxylic acids is 1. The van der Waals surface area contributed by atoms with E-state index in [0.29, 0.717) is 10.6 Å². The minimum Gasteiger partial charge on any atom is -0.500 e. The minimum atomic E-state index is -0.735. The molecule has 25 heavy (non-hydrogen) atoms. The lowest BCUT2D eigenvalue weighted by atomic mass is 10.2. The van der Waals surface area contributed by atoms with Gasteiger partial charge in [-0.2, -0.15) is 5.10 Å². The zero-order valence-electron chi connectivity index (χ0n) is 13.1. The lowest BCUT2D eigenvalue weighted by Crippen LogP contribution is -2.17. The van der Waals surface area contributed by atoms with Gasteiger partial charge in [0.05, 0.1) is 17.7 Å². The molecule has 0 aliphatic carbocycles. The summed E-state index contributed by atoms with van der Waals surface area (Å²) in [6.07, 6.45) is 1.21. The highest BCUT2D eigenvalue weighted by atomic mass is 35.5. The van der Waals surface area contributed by atoms with Gasteiger partial charge in [0.25, 0.3) is 5.91 Å². The molecule has 0 heterocycles. The predicted octanol–water partition coefficient (Wildman–Crippen LogP) is 3.12. The molecule has 0 aromatic heterocycles. The SMILES string of the molecule is CCOc1cc(/C=N/NC(=O)c2ccc(Cl)cc2)cc([N+](=O)[O-])c1O. The second-order valence-electron chi connectivity index (χ2n) is 4.78. The highest BCUT2D eigenvalue weighted by molar-refractivity contribution is 6.30. The van der Waals surface area contributed by atoms with Crippen molar-refractivity contribution >= 4 is 29.4 Å². The molecule has 1 amide bonds. The maximum Gasteiger partial charge on any atom is 0.315 e. The standard InChI is InChI=1S/C16H14ClN3O5/c1-2-25-14-8-10(7-13(15(14)21)20(23)24)9-18-19-16(22)11-3-5-12(17)6-4-11/h3-9,21H,2H2,1H3,(H,19,22)/b18-9+. The van der Waals surface area contributed by atoms with Crippen LogP contribution >= 0.6 is 11.6 Å². The van der Waals surface area contributed by atoms with E-state index in [1.54, 1.807) is 19.1 Å². The van der Waals surface area contributed by atoms with Crippen molar-refractivity contribution < 1.29 is 19.6 Å². The zero-order valence-corrected chi connectivity index (χ0v) is 13.9. The number of rotatable bonds is 6. The molecule has 0 fully saturated rings. The maximum absolute atomic E-state index is 11.9. The van der Waals surface area contributed by atoms with Crippen LogP contribution < -0.4 is 10.2 Å². The molecule has 0 radical (unpaired) electrons. The van der Waals surface area contributed by atoms with Gasteiger partial charge in [0.1, 0.15) is 0 Å². The second-order valence-corrected chi connectivity index (χ2v) is 5.22. The minimum absolute atomic E-state index is 0.0397. The highest BCUT2D eigenvalue weighted by Gasteiger charge is 2.19. The lowest BCUT2D eigenvalue weighted by molar-refractivity contribution is -0.386. The Morgan fingerprint density at radius 2 is 2.08 bits per heavy atom. The Hall–Kier alpha value is -3.13. The number of phenols is 1.